The monoisotopic (exact) mass is 211 g/mol. The standard InChI is InChI=1S/C12H21NO2/c1-9(2)6-10(3)15-8-11-4-5-14-12(11)7-13/h4-5,9-10H,6-8,13H2,1-3H3. The summed E-state index contributed by atoms with van der Waals surface area (Å²) in [5.41, 5.74) is 6.60. The van der Waals surface area contributed by atoms with Crippen LogP contribution >= 0.6 is 0 Å². The van der Waals surface area contributed by atoms with Gasteiger partial charge in [-0.3, -0.25) is 0 Å². The van der Waals surface area contributed by atoms with Crippen LogP contribution in [0.2, 0.25) is 0 Å². The molecular weight excluding hydrogens is 190 g/mol. The molecule has 1 atom stereocenters. The van der Waals surface area contributed by atoms with Crippen LogP contribution < -0.4 is 5.73 Å². The lowest BCUT2D eigenvalue weighted by molar-refractivity contribution is 0.0390. The van der Waals surface area contributed by atoms with Crippen LogP contribution in [0, 0.1) is 5.92 Å². The second-order valence-electron chi connectivity index (χ2n) is 4.32. The van der Waals surface area contributed by atoms with Crippen LogP contribution in [0.4, 0.5) is 0 Å². The summed E-state index contributed by atoms with van der Waals surface area (Å²) < 4.78 is 10.9. The molecule has 1 rings (SSSR count). The maximum absolute atomic E-state index is 5.72. The Hall–Kier alpha value is -0.800. The van der Waals surface area contributed by atoms with Gasteiger partial charge >= 0.3 is 0 Å². The maximum Gasteiger partial charge on any atom is 0.122 e. The summed E-state index contributed by atoms with van der Waals surface area (Å²) in [6.07, 6.45) is 3.02. The Morgan fingerprint density at radius 1 is 1.40 bits per heavy atom. The molecule has 3 nitrogen and oxygen atoms in total. The summed E-state index contributed by atoms with van der Waals surface area (Å²) in [6, 6.07) is 1.92. The molecule has 0 saturated carbocycles. The SMILES string of the molecule is CC(C)CC(C)OCc1ccoc1CN. The Kier molecular flexibility index (Phi) is 4.85. The summed E-state index contributed by atoms with van der Waals surface area (Å²) in [6.45, 7) is 7.52. The van der Waals surface area contributed by atoms with Crippen molar-refractivity contribution in [1.29, 1.82) is 0 Å². The fourth-order valence-corrected chi connectivity index (χ4v) is 1.64. The van der Waals surface area contributed by atoms with Crippen molar-refractivity contribution in [3.05, 3.63) is 23.7 Å². The number of ether oxygens (including phenoxy) is 1. The number of hydrogen-bond acceptors (Lipinski definition) is 3. The Bertz CT molecular complexity index is 281. The zero-order chi connectivity index (χ0) is 11.3. The molecule has 0 amide bonds. The summed E-state index contributed by atoms with van der Waals surface area (Å²) in [5.74, 6) is 1.49. The molecule has 0 aromatic carbocycles. The zero-order valence-corrected chi connectivity index (χ0v) is 9.82. The molecule has 86 valence electrons. The van der Waals surface area contributed by atoms with Crippen molar-refractivity contribution in [2.24, 2.45) is 11.7 Å². The van der Waals surface area contributed by atoms with Crippen molar-refractivity contribution in [1.82, 2.24) is 0 Å². The van der Waals surface area contributed by atoms with Gasteiger partial charge in [-0.25, -0.2) is 0 Å². The maximum atomic E-state index is 5.72. The fraction of sp³-hybridized carbons (Fsp3) is 0.667. The van der Waals surface area contributed by atoms with E-state index >= 15 is 0 Å². The predicted octanol–water partition coefficient (Wildman–Crippen LogP) is 2.69. The van der Waals surface area contributed by atoms with Gasteiger partial charge in [0.25, 0.3) is 0 Å². The summed E-state index contributed by atoms with van der Waals surface area (Å²) in [7, 11) is 0. The van der Waals surface area contributed by atoms with Crippen molar-refractivity contribution in [3.8, 4) is 0 Å². The minimum atomic E-state index is 0.283. The zero-order valence-electron chi connectivity index (χ0n) is 9.82. The fourth-order valence-electron chi connectivity index (χ4n) is 1.64. The minimum Gasteiger partial charge on any atom is -0.468 e. The largest absolute Gasteiger partial charge is 0.468 e. The highest BCUT2D eigenvalue weighted by molar-refractivity contribution is 5.15. The molecule has 0 bridgehead atoms. The smallest absolute Gasteiger partial charge is 0.122 e. The molecule has 0 fully saturated rings. The number of hydrogen-bond donors (Lipinski definition) is 1. The number of rotatable bonds is 6. The van der Waals surface area contributed by atoms with Gasteiger partial charge in [0.05, 0.1) is 25.5 Å². The van der Waals surface area contributed by atoms with Gasteiger partial charge in [-0.2, -0.15) is 0 Å². The summed E-state index contributed by atoms with van der Waals surface area (Å²) in [5, 5.41) is 0. The van der Waals surface area contributed by atoms with Crippen LogP contribution in [0.25, 0.3) is 0 Å². The molecular formula is C12H21NO2. The van der Waals surface area contributed by atoms with Gasteiger partial charge in [-0.1, -0.05) is 13.8 Å². The van der Waals surface area contributed by atoms with Gasteiger partial charge in [-0.15, -0.1) is 0 Å². The molecule has 0 radical (unpaired) electrons. The van der Waals surface area contributed by atoms with Gasteiger partial charge in [-0.05, 0) is 25.3 Å². The summed E-state index contributed by atoms with van der Waals surface area (Å²) >= 11 is 0. The molecule has 0 aliphatic heterocycles. The van der Waals surface area contributed by atoms with E-state index in [4.69, 9.17) is 14.9 Å². The number of furan rings is 1. The highest BCUT2D eigenvalue weighted by Gasteiger charge is 2.08. The molecule has 3 heteroatoms. The van der Waals surface area contributed by atoms with E-state index in [0.29, 0.717) is 19.1 Å². The van der Waals surface area contributed by atoms with E-state index in [1.165, 1.54) is 0 Å². The van der Waals surface area contributed by atoms with E-state index in [-0.39, 0.29) is 6.10 Å². The molecule has 0 saturated heterocycles. The van der Waals surface area contributed by atoms with Crippen molar-refractivity contribution in [2.75, 3.05) is 0 Å². The van der Waals surface area contributed by atoms with Gasteiger partial charge in [0.1, 0.15) is 5.76 Å². The van der Waals surface area contributed by atoms with Crippen LogP contribution in [-0.2, 0) is 17.9 Å². The van der Waals surface area contributed by atoms with Gasteiger partial charge in [0, 0.05) is 5.56 Å². The van der Waals surface area contributed by atoms with E-state index in [2.05, 4.69) is 20.8 Å². The minimum absolute atomic E-state index is 0.283. The van der Waals surface area contributed by atoms with Gasteiger partial charge in [0.15, 0.2) is 0 Å². The Balaban J connectivity index is 2.36. The van der Waals surface area contributed by atoms with Gasteiger partial charge < -0.3 is 14.9 Å². The highest BCUT2D eigenvalue weighted by Crippen LogP contribution is 2.14. The van der Waals surface area contributed by atoms with Crippen molar-refractivity contribution in [3.63, 3.8) is 0 Å². The molecule has 2 N–H and O–H groups in total. The molecule has 0 spiro atoms. The van der Waals surface area contributed by atoms with E-state index < -0.39 is 0 Å². The number of nitrogens with two attached hydrogens (primary N) is 1. The van der Waals surface area contributed by atoms with E-state index in [1.54, 1.807) is 6.26 Å². The third-order valence-electron chi connectivity index (χ3n) is 2.35. The van der Waals surface area contributed by atoms with E-state index in [9.17, 15) is 0 Å². The molecule has 0 aliphatic carbocycles. The molecule has 1 heterocycles. The van der Waals surface area contributed by atoms with Crippen molar-refractivity contribution < 1.29 is 9.15 Å². The average Bonchev–Trinajstić information content (AvgIpc) is 2.60. The Morgan fingerprint density at radius 2 is 2.13 bits per heavy atom. The van der Waals surface area contributed by atoms with Crippen LogP contribution in [0.3, 0.4) is 0 Å². The normalized spacial score (nSPS) is 13.4. The Labute approximate surface area is 91.6 Å². The third-order valence-corrected chi connectivity index (χ3v) is 2.35. The third kappa shape index (κ3) is 4.06. The lowest BCUT2D eigenvalue weighted by atomic mass is 10.1. The van der Waals surface area contributed by atoms with Crippen LogP contribution in [0.1, 0.15) is 38.5 Å². The molecule has 1 aromatic heterocycles. The van der Waals surface area contributed by atoms with E-state index in [0.717, 1.165) is 17.7 Å². The quantitative estimate of drug-likeness (QED) is 0.787. The molecule has 1 aromatic rings. The topological polar surface area (TPSA) is 48.4 Å². The average molecular weight is 211 g/mol. The first-order valence-electron chi connectivity index (χ1n) is 5.50. The van der Waals surface area contributed by atoms with Crippen LogP contribution in [0.5, 0.6) is 0 Å². The van der Waals surface area contributed by atoms with Crippen molar-refractivity contribution >= 4 is 0 Å². The predicted molar refractivity (Wildman–Crippen MR) is 60.3 cm³/mol. The van der Waals surface area contributed by atoms with E-state index in [1.807, 2.05) is 6.07 Å². The molecule has 1 unspecified atom stereocenters. The summed E-state index contributed by atoms with van der Waals surface area (Å²) in [4.78, 5) is 0. The van der Waals surface area contributed by atoms with Crippen molar-refractivity contribution in [2.45, 2.75) is 46.4 Å². The second kappa shape index (κ2) is 5.93. The molecule has 0 aliphatic rings. The lowest BCUT2D eigenvalue weighted by Crippen LogP contribution is -2.11. The lowest BCUT2D eigenvalue weighted by Gasteiger charge is -2.14. The Morgan fingerprint density at radius 3 is 2.73 bits per heavy atom. The highest BCUT2D eigenvalue weighted by atomic mass is 16.5. The van der Waals surface area contributed by atoms with Crippen LogP contribution in [-0.4, -0.2) is 6.10 Å². The van der Waals surface area contributed by atoms with Gasteiger partial charge in [0.2, 0.25) is 0 Å². The first kappa shape index (κ1) is 12.3. The first-order valence-corrected chi connectivity index (χ1v) is 5.50. The first-order chi connectivity index (χ1) is 7.13. The van der Waals surface area contributed by atoms with Crippen LogP contribution in [0.15, 0.2) is 16.7 Å². The molecule has 15 heavy (non-hydrogen) atoms. The second-order valence-corrected chi connectivity index (χ2v) is 4.32.